The molecule has 1 aliphatic rings. The fraction of sp³-hybridized carbons (Fsp3) is 0.583. The molecule has 2 rings (SSSR count). The Labute approximate surface area is 91.3 Å². The predicted octanol–water partition coefficient (Wildman–Crippen LogP) is 1.94. The third-order valence-electron chi connectivity index (χ3n) is 2.86. The van der Waals surface area contributed by atoms with Gasteiger partial charge in [0.25, 0.3) is 0 Å². The summed E-state index contributed by atoms with van der Waals surface area (Å²) in [6.45, 7) is 3.99. The van der Waals surface area contributed by atoms with Crippen molar-refractivity contribution >= 4 is 5.82 Å². The van der Waals surface area contributed by atoms with Crippen molar-refractivity contribution in [3.8, 4) is 0 Å². The van der Waals surface area contributed by atoms with Crippen molar-refractivity contribution in [2.45, 2.75) is 32.2 Å². The smallest absolute Gasteiger partial charge is 0.126 e. The van der Waals surface area contributed by atoms with Crippen LogP contribution in [0.3, 0.4) is 0 Å². The minimum Gasteiger partial charge on any atom is -0.369 e. The van der Waals surface area contributed by atoms with Gasteiger partial charge in [0.1, 0.15) is 5.82 Å². The first-order valence-corrected chi connectivity index (χ1v) is 5.75. The van der Waals surface area contributed by atoms with Crippen LogP contribution in [0.1, 0.15) is 25.0 Å². The monoisotopic (exact) mass is 205 g/mol. The van der Waals surface area contributed by atoms with Crippen LogP contribution in [0.2, 0.25) is 0 Å². The maximum Gasteiger partial charge on any atom is 0.126 e. The van der Waals surface area contributed by atoms with Gasteiger partial charge in [-0.25, -0.2) is 4.98 Å². The molecule has 1 fully saturated rings. The Morgan fingerprint density at radius 2 is 2.20 bits per heavy atom. The molecule has 0 bridgehead atoms. The Morgan fingerprint density at radius 3 is 2.87 bits per heavy atom. The molecule has 2 N–H and O–H groups in total. The highest BCUT2D eigenvalue weighted by Gasteiger charge is 2.15. The highest BCUT2D eigenvalue weighted by Crippen LogP contribution is 2.17. The lowest BCUT2D eigenvalue weighted by atomic mass is 9.93. The quantitative estimate of drug-likeness (QED) is 0.721. The highest BCUT2D eigenvalue weighted by molar-refractivity contribution is 5.34. The van der Waals surface area contributed by atoms with E-state index in [9.17, 15) is 0 Å². The summed E-state index contributed by atoms with van der Waals surface area (Å²) >= 11 is 0. The normalized spacial score (nSPS) is 16.1. The van der Waals surface area contributed by atoms with Crippen LogP contribution in [0.25, 0.3) is 0 Å². The minimum atomic E-state index is 0.775. The van der Waals surface area contributed by atoms with Crippen LogP contribution in [0.15, 0.2) is 18.2 Å². The Hall–Kier alpha value is -1.09. The van der Waals surface area contributed by atoms with Crippen LogP contribution < -0.4 is 10.6 Å². The van der Waals surface area contributed by atoms with E-state index in [2.05, 4.69) is 15.6 Å². The largest absolute Gasteiger partial charge is 0.369 e. The van der Waals surface area contributed by atoms with E-state index >= 15 is 0 Å². The van der Waals surface area contributed by atoms with Crippen molar-refractivity contribution in [2.75, 3.05) is 18.4 Å². The van der Waals surface area contributed by atoms with Gasteiger partial charge in [-0.05, 0) is 31.9 Å². The molecule has 0 unspecified atom stereocenters. The third kappa shape index (κ3) is 3.20. The Morgan fingerprint density at radius 1 is 1.33 bits per heavy atom. The molecule has 1 heterocycles. The lowest BCUT2D eigenvalue weighted by molar-refractivity contribution is 0.345. The van der Waals surface area contributed by atoms with E-state index < -0.39 is 0 Å². The summed E-state index contributed by atoms with van der Waals surface area (Å²) < 4.78 is 0. The first-order valence-electron chi connectivity index (χ1n) is 5.75. The van der Waals surface area contributed by atoms with Crippen LogP contribution in [0, 0.1) is 6.92 Å². The van der Waals surface area contributed by atoms with E-state index in [0.29, 0.717) is 0 Å². The molecule has 3 heteroatoms. The first kappa shape index (κ1) is 10.4. The van der Waals surface area contributed by atoms with E-state index in [1.54, 1.807) is 0 Å². The van der Waals surface area contributed by atoms with E-state index in [0.717, 1.165) is 30.6 Å². The summed E-state index contributed by atoms with van der Waals surface area (Å²) in [5, 5.41) is 6.83. The number of hydrogen-bond donors (Lipinski definition) is 2. The minimum absolute atomic E-state index is 0.775. The molecule has 0 saturated heterocycles. The second-order valence-corrected chi connectivity index (χ2v) is 4.17. The molecule has 1 aromatic rings. The molecule has 3 nitrogen and oxygen atoms in total. The maximum absolute atomic E-state index is 4.39. The number of anilines is 1. The zero-order valence-corrected chi connectivity index (χ0v) is 9.29. The lowest BCUT2D eigenvalue weighted by Gasteiger charge is -2.26. The van der Waals surface area contributed by atoms with Gasteiger partial charge in [0.15, 0.2) is 0 Å². The van der Waals surface area contributed by atoms with Crippen LogP contribution in [-0.2, 0) is 0 Å². The van der Waals surface area contributed by atoms with Gasteiger partial charge in [0.2, 0.25) is 0 Å². The number of aryl methyl sites for hydroxylation is 1. The van der Waals surface area contributed by atoms with Crippen molar-refractivity contribution in [1.29, 1.82) is 0 Å². The molecule has 1 saturated carbocycles. The molecule has 0 atom stereocenters. The zero-order valence-electron chi connectivity index (χ0n) is 9.29. The van der Waals surface area contributed by atoms with Crippen LogP contribution >= 0.6 is 0 Å². The summed E-state index contributed by atoms with van der Waals surface area (Å²) in [4.78, 5) is 4.39. The first-order chi connectivity index (χ1) is 7.34. The fourth-order valence-corrected chi connectivity index (χ4v) is 1.72. The third-order valence-corrected chi connectivity index (χ3v) is 2.86. The summed E-state index contributed by atoms with van der Waals surface area (Å²) in [7, 11) is 0. The highest BCUT2D eigenvalue weighted by atomic mass is 15.0. The van der Waals surface area contributed by atoms with Gasteiger partial charge in [0.05, 0.1) is 0 Å². The van der Waals surface area contributed by atoms with Gasteiger partial charge in [-0.3, -0.25) is 0 Å². The standard InChI is InChI=1S/C12H19N3/c1-10-4-2-7-12(15-10)14-9-8-13-11-5-3-6-11/h2,4,7,11,13H,3,5-6,8-9H2,1H3,(H,14,15). The van der Waals surface area contributed by atoms with Gasteiger partial charge in [-0.15, -0.1) is 0 Å². The molecular weight excluding hydrogens is 186 g/mol. The molecule has 1 aromatic heterocycles. The van der Waals surface area contributed by atoms with Gasteiger partial charge in [-0.1, -0.05) is 12.5 Å². The van der Waals surface area contributed by atoms with Crippen LogP contribution in [0.5, 0.6) is 0 Å². The number of nitrogens with one attached hydrogen (secondary N) is 2. The van der Waals surface area contributed by atoms with Gasteiger partial charge < -0.3 is 10.6 Å². The van der Waals surface area contributed by atoms with E-state index in [1.807, 2.05) is 25.1 Å². The number of nitrogens with zero attached hydrogens (tertiary/aromatic N) is 1. The summed E-state index contributed by atoms with van der Waals surface area (Å²) in [6, 6.07) is 6.83. The number of pyridine rings is 1. The second kappa shape index (κ2) is 5.12. The summed E-state index contributed by atoms with van der Waals surface area (Å²) in [5.74, 6) is 0.977. The Bertz CT molecular complexity index is 307. The Kier molecular flexibility index (Phi) is 3.56. The summed E-state index contributed by atoms with van der Waals surface area (Å²) in [6.07, 6.45) is 4.09. The number of aromatic nitrogens is 1. The fourth-order valence-electron chi connectivity index (χ4n) is 1.72. The van der Waals surface area contributed by atoms with Crippen LogP contribution in [0.4, 0.5) is 5.82 Å². The molecule has 0 aliphatic heterocycles. The van der Waals surface area contributed by atoms with Gasteiger partial charge >= 0.3 is 0 Å². The molecule has 0 spiro atoms. The average molecular weight is 205 g/mol. The Balaban J connectivity index is 1.64. The topological polar surface area (TPSA) is 37.0 Å². The van der Waals surface area contributed by atoms with E-state index in [1.165, 1.54) is 19.3 Å². The summed E-state index contributed by atoms with van der Waals surface area (Å²) in [5.41, 5.74) is 1.06. The number of rotatable bonds is 5. The van der Waals surface area contributed by atoms with Gasteiger partial charge in [-0.2, -0.15) is 0 Å². The molecular formula is C12H19N3. The molecule has 0 amide bonds. The zero-order chi connectivity index (χ0) is 10.5. The SMILES string of the molecule is Cc1cccc(NCCNC2CCC2)n1. The van der Waals surface area contributed by atoms with E-state index in [-0.39, 0.29) is 0 Å². The molecule has 0 aromatic carbocycles. The molecule has 1 aliphatic carbocycles. The van der Waals surface area contributed by atoms with Crippen molar-refractivity contribution in [3.63, 3.8) is 0 Å². The lowest BCUT2D eigenvalue weighted by Crippen LogP contribution is -2.37. The number of hydrogen-bond acceptors (Lipinski definition) is 3. The van der Waals surface area contributed by atoms with Crippen molar-refractivity contribution < 1.29 is 0 Å². The van der Waals surface area contributed by atoms with Crippen molar-refractivity contribution in [3.05, 3.63) is 23.9 Å². The van der Waals surface area contributed by atoms with Crippen molar-refractivity contribution in [1.82, 2.24) is 10.3 Å². The van der Waals surface area contributed by atoms with Crippen LogP contribution in [-0.4, -0.2) is 24.1 Å². The molecule has 0 radical (unpaired) electrons. The predicted molar refractivity (Wildman–Crippen MR) is 63.1 cm³/mol. The molecule has 15 heavy (non-hydrogen) atoms. The van der Waals surface area contributed by atoms with Crippen molar-refractivity contribution in [2.24, 2.45) is 0 Å². The van der Waals surface area contributed by atoms with E-state index in [4.69, 9.17) is 0 Å². The van der Waals surface area contributed by atoms with Gasteiger partial charge in [0, 0.05) is 24.8 Å². The molecule has 82 valence electrons. The maximum atomic E-state index is 4.39. The average Bonchev–Trinajstić information content (AvgIpc) is 2.15. The second-order valence-electron chi connectivity index (χ2n) is 4.17.